The van der Waals surface area contributed by atoms with Crippen molar-refractivity contribution >= 4 is 39.7 Å². The number of hydrogen-bond donors (Lipinski definition) is 2. The Balaban J connectivity index is 1.32. The number of rotatable bonds is 8. The third-order valence-electron chi connectivity index (χ3n) is 6.40. The number of ether oxygens (including phenoxy) is 2. The van der Waals surface area contributed by atoms with Gasteiger partial charge in [-0.2, -0.15) is 0 Å². The molecule has 5 rings (SSSR count). The molecule has 2 aliphatic rings. The van der Waals surface area contributed by atoms with E-state index >= 15 is 0 Å². The lowest BCUT2D eigenvalue weighted by Crippen LogP contribution is -2.46. The highest BCUT2D eigenvalue weighted by atomic mass is 35.5. The van der Waals surface area contributed by atoms with Gasteiger partial charge in [0.15, 0.2) is 0 Å². The summed E-state index contributed by atoms with van der Waals surface area (Å²) in [5.74, 6) is 0.782. The number of nitrogens with zero attached hydrogens (tertiary/aromatic N) is 3. The quantitative estimate of drug-likeness (QED) is 0.455. The van der Waals surface area contributed by atoms with Gasteiger partial charge in [0.25, 0.3) is 0 Å². The fourth-order valence-electron chi connectivity index (χ4n) is 4.73. The SMILES string of the molecule is CNc1cc2ncnc(Nc3cc(Cl)ccc3F)c2cc1OCCCN1C2CCC1COC2. The minimum Gasteiger partial charge on any atom is -0.491 e. The normalized spacial score (nSPS) is 20.2. The van der Waals surface area contributed by atoms with Gasteiger partial charge < -0.3 is 20.1 Å². The van der Waals surface area contributed by atoms with E-state index in [0.717, 1.165) is 42.8 Å². The fourth-order valence-corrected chi connectivity index (χ4v) is 4.90. The molecule has 2 aliphatic heterocycles. The number of hydrogen-bond acceptors (Lipinski definition) is 7. The number of fused-ring (bicyclic) bond motifs is 3. The zero-order chi connectivity index (χ0) is 22.8. The van der Waals surface area contributed by atoms with Crippen LogP contribution in [0, 0.1) is 5.82 Å². The van der Waals surface area contributed by atoms with Crippen LogP contribution >= 0.6 is 11.6 Å². The minimum absolute atomic E-state index is 0.253. The third kappa shape index (κ3) is 4.69. The maximum Gasteiger partial charge on any atom is 0.146 e. The van der Waals surface area contributed by atoms with Gasteiger partial charge >= 0.3 is 0 Å². The average Bonchev–Trinajstić information content (AvgIpc) is 3.04. The lowest BCUT2D eigenvalue weighted by molar-refractivity contribution is -0.0160. The van der Waals surface area contributed by atoms with Crippen molar-refractivity contribution in [1.82, 2.24) is 14.9 Å². The molecule has 0 saturated carbocycles. The summed E-state index contributed by atoms with van der Waals surface area (Å²) < 4.78 is 26.1. The highest BCUT2D eigenvalue weighted by Crippen LogP contribution is 2.34. The minimum atomic E-state index is -0.411. The monoisotopic (exact) mass is 471 g/mol. The first-order valence-corrected chi connectivity index (χ1v) is 11.6. The highest BCUT2D eigenvalue weighted by molar-refractivity contribution is 6.30. The molecule has 3 aromatic rings. The molecule has 2 unspecified atom stereocenters. The fraction of sp³-hybridized carbons (Fsp3) is 0.417. The molecule has 3 heterocycles. The third-order valence-corrected chi connectivity index (χ3v) is 6.63. The van der Waals surface area contributed by atoms with Crippen molar-refractivity contribution in [3.8, 4) is 5.75 Å². The van der Waals surface area contributed by atoms with Crippen LogP contribution in [0.2, 0.25) is 5.02 Å². The van der Waals surface area contributed by atoms with Crippen LogP contribution in [0.4, 0.5) is 21.6 Å². The van der Waals surface area contributed by atoms with Crippen LogP contribution in [-0.2, 0) is 4.74 Å². The number of benzene rings is 2. The summed E-state index contributed by atoms with van der Waals surface area (Å²) in [6.07, 6.45) is 4.83. The lowest BCUT2D eigenvalue weighted by atomic mass is 10.2. The van der Waals surface area contributed by atoms with E-state index in [9.17, 15) is 4.39 Å². The molecule has 0 radical (unpaired) electrons. The zero-order valence-electron chi connectivity index (χ0n) is 18.5. The summed E-state index contributed by atoms with van der Waals surface area (Å²) in [5.41, 5.74) is 1.81. The van der Waals surface area contributed by atoms with E-state index in [1.807, 2.05) is 19.2 Å². The van der Waals surface area contributed by atoms with Gasteiger partial charge in [0.05, 0.1) is 36.7 Å². The van der Waals surface area contributed by atoms with Crippen molar-refractivity contribution in [2.24, 2.45) is 0 Å². The van der Waals surface area contributed by atoms with Gasteiger partial charge in [-0.1, -0.05) is 11.6 Å². The lowest BCUT2D eigenvalue weighted by Gasteiger charge is -2.34. The van der Waals surface area contributed by atoms with E-state index in [1.54, 1.807) is 0 Å². The molecule has 2 atom stereocenters. The Morgan fingerprint density at radius 2 is 1.97 bits per heavy atom. The van der Waals surface area contributed by atoms with Crippen molar-refractivity contribution in [3.05, 3.63) is 47.5 Å². The van der Waals surface area contributed by atoms with Gasteiger partial charge in [-0.05, 0) is 49.6 Å². The zero-order valence-corrected chi connectivity index (χ0v) is 19.2. The number of anilines is 3. The van der Waals surface area contributed by atoms with Crippen molar-refractivity contribution in [2.45, 2.75) is 31.3 Å². The number of aromatic nitrogens is 2. The van der Waals surface area contributed by atoms with Gasteiger partial charge in [-0.25, -0.2) is 14.4 Å². The summed E-state index contributed by atoms with van der Waals surface area (Å²) in [4.78, 5) is 11.3. The molecule has 2 N–H and O–H groups in total. The van der Waals surface area contributed by atoms with E-state index in [1.165, 1.54) is 37.4 Å². The van der Waals surface area contributed by atoms with E-state index in [2.05, 4.69) is 25.5 Å². The molecular weight excluding hydrogens is 445 g/mol. The van der Waals surface area contributed by atoms with Crippen LogP contribution in [0.5, 0.6) is 5.75 Å². The number of halogens is 2. The first-order chi connectivity index (χ1) is 16.1. The van der Waals surface area contributed by atoms with E-state index in [0.29, 0.717) is 35.3 Å². The molecule has 2 bridgehead atoms. The second-order valence-electron chi connectivity index (χ2n) is 8.45. The van der Waals surface area contributed by atoms with Crippen LogP contribution in [-0.4, -0.2) is 60.4 Å². The molecule has 33 heavy (non-hydrogen) atoms. The van der Waals surface area contributed by atoms with Crippen molar-refractivity contribution < 1.29 is 13.9 Å². The summed E-state index contributed by atoms with van der Waals surface area (Å²) in [6, 6.07) is 9.27. The summed E-state index contributed by atoms with van der Waals surface area (Å²) in [7, 11) is 1.85. The van der Waals surface area contributed by atoms with Crippen molar-refractivity contribution in [2.75, 3.05) is 44.0 Å². The smallest absolute Gasteiger partial charge is 0.146 e. The Hall–Kier alpha value is -2.68. The van der Waals surface area contributed by atoms with Gasteiger partial charge in [0.2, 0.25) is 0 Å². The molecule has 0 aliphatic carbocycles. The number of nitrogens with one attached hydrogen (secondary N) is 2. The Morgan fingerprint density at radius 3 is 2.76 bits per heavy atom. The highest BCUT2D eigenvalue weighted by Gasteiger charge is 2.36. The van der Waals surface area contributed by atoms with E-state index in [4.69, 9.17) is 21.1 Å². The molecule has 2 saturated heterocycles. The summed E-state index contributed by atoms with van der Waals surface area (Å²) in [5, 5.41) is 7.39. The van der Waals surface area contributed by atoms with Crippen molar-refractivity contribution in [1.29, 1.82) is 0 Å². The van der Waals surface area contributed by atoms with E-state index in [-0.39, 0.29) is 5.69 Å². The van der Waals surface area contributed by atoms with Gasteiger partial charge in [0, 0.05) is 36.1 Å². The standard InChI is InChI=1S/C24H27ClFN5O2/c1-27-22-11-20-18(24(29-14-28-20)30-21-9-15(25)3-6-19(21)26)10-23(22)33-8-2-7-31-16-4-5-17(31)13-32-12-16/h3,6,9-11,14,16-17,27H,2,4-5,7-8,12-13H2,1H3,(H,28,29,30). The van der Waals surface area contributed by atoms with Crippen LogP contribution < -0.4 is 15.4 Å². The molecule has 174 valence electrons. The second kappa shape index (κ2) is 9.67. The first-order valence-electron chi connectivity index (χ1n) is 11.3. The van der Waals surface area contributed by atoms with Crippen LogP contribution in [0.1, 0.15) is 19.3 Å². The Labute approximate surface area is 197 Å². The Bertz CT molecular complexity index is 1130. The first kappa shape index (κ1) is 22.1. The molecule has 1 aromatic heterocycles. The van der Waals surface area contributed by atoms with Gasteiger partial charge in [-0.3, -0.25) is 4.90 Å². The topological polar surface area (TPSA) is 71.5 Å². The summed E-state index contributed by atoms with van der Waals surface area (Å²) >= 11 is 6.04. The predicted molar refractivity (Wildman–Crippen MR) is 128 cm³/mol. The van der Waals surface area contributed by atoms with Crippen molar-refractivity contribution in [3.63, 3.8) is 0 Å². The second-order valence-corrected chi connectivity index (χ2v) is 8.89. The van der Waals surface area contributed by atoms with E-state index < -0.39 is 5.82 Å². The number of morpholine rings is 1. The molecule has 2 fully saturated rings. The van der Waals surface area contributed by atoms with Crippen LogP contribution in [0.25, 0.3) is 10.9 Å². The predicted octanol–water partition coefficient (Wildman–Crippen LogP) is 4.84. The summed E-state index contributed by atoms with van der Waals surface area (Å²) in [6.45, 7) is 3.28. The molecule has 0 spiro atoms. The maximum absolute atomic E-state index is 14.3. The van der Waals surface area contributed by atoms with Crippen LogP contribution in [0.15, 0.2) is 36.7 Å². The largest absolute Gasteiger partial charge is 0.491 e. The molecule has 0 amide bonds. The van der Waals surface area contributed by atoms with Crippen LogP contribution in [0.3, 0.4) is 0 Å². The molecular formula is C24H27ClFN5O2. The Morgan fingerprint density at radius 1 is 1.15 bits per heavy atom. The average molecular weight is 472 g/mol. The van der Waals surface area contributed by atoms with Gasteiger partial charge in [-0.15, -0.1) is 0 Å². The molecule has 2 aromatic carbocycles. The molecule has 9 heteroatoms. The maximum atomic E-state index is 14.3. The Kier molecular flexibility index (Phi) is 6.48. The van der Waals surface area contributed by atoms with Gasteiger partial charge in [0.1, 0.15) is 23.7 Å². The molecule has 7 nitrogen and oxygen atoms in total.